The van der Waals surface area contributed by atoms with Crippen molar-refractivity contribution in [2.24, 2.45) is 19.1 Å². The number of benzene rings is 2. The Labute approximate surface area is 189 Å². The number of amides is 1. The SMILES string of the molecule is Cc1ccc(N=C(SCC(=O)Nc2ccccc2C)c2c(O)n(C)c(=O)n(C)c2=O)cc1. The van der Waals surface area contributed by atoms with Crippen LogP contribution in [0.3, 0.4) is 0 Å². The minimum absolute atomic E-state index is 0.0511. The Morgan fingerprint density at radius 3 is 2.34 bits per heavy atom. The molecular formula is C23H24N4O4S. The van der Waals surface area contributed by atoms with E-state index in [9.17, 15) is 19.5 Å². The van der Waals surface area contributed by atoms with E-state index in [2.05, 4.69) is 10.3 Å². The van der Waals surface area contributed by atoms with Crippen LogP contribution < -0.4 is 16.6 Å². The number of aromatic nitrogens is 2. The molecule has 0 fully saturated rings. The Kier molecular flexibility index (Phi) is 6.99. The second-order valence-corrected chi connectivity index (χ2v) is 8.27. The van der Waals surface area contributed by atoms with E-state index in [0.717, 1.165) is 32.0 Å². The zero-order valence-electron chi connectivity index (χ0n) is 18.2. The van der Waals surface area contributed by atoms with Crippen LogP contribution in [0.1, 0.15) is 16.7 Å². The Bertz CT molecular complexity index is 1310. The molecule has 0 unspecified atom stereocenters. The Hall–Kier alpha value is -3.59. The number of nitrogens with zero attached hydrogens (tertiary/aromatic N) is 3. The number of nitrogens with one attached hydrogen (secondary N) is 1. The maximum Gasteiger partial charge on any atom is 0.333 e. The first-order chi connectivity index (χ1) is 15.2. The van der Waals surface area contributed by atoms with Gasteiger partial charge in [-0.3, -0.25) is 18.7 Å². The molecule has 8 nitrogen and oxygen atoms in total. The molecule has 1 amide bonds. The lowest BCUT2D eigenvalue weighted by molar-refractivity contribution is -0.113. The van der Waals surface area contributed by atoms with Crippen LogP contribution in [0.15, 0.2) is 63.1 Å². The number of para-hydroxylation sites is 1. The fourth-order valence-electron chi connectivity index (χ4n) is 2.95. The van der Waals surface area contributed by atoms with Gasteiger partial charge in [-0.15, -0.1) is 0 Å². The van der Waals surface area contributed by atoms with E-state index in [1.165, 1.54) is 14.1 Å². The number of aliphatic imine (C=N–C) groups is 1. The highest BCUT2D eigenvalue weighted by atomic mass is 32.2. The number of carbonyl (C=O) groups excluding carboxylic acids is 1. The number of aryl methyl sites for hydroxylation is 2. The highest BCUT2D eigenvalue weighted by Gasteiger charge is 2.22. The zero-order chi connectivity index (χ0) is 23.4. The molecule has 0 atom stereocenters. The Morgan fingerprint density at radius 1 is 1.03 bits per heavy atom. The van der Waals surface area contributed by atoms with Gasteiger partial charge in [0.15, 0.2) is 0 Å². The topological polar surface area (TPSA) is 106 Å². The summed E-state index contributed by atoms with van der Waals surface area (Å²) in [5.41, 5.74) is 1.71. The highest BCUT2D eigenvalue weighted by molar-refractivity contribution is 8.15. The van der Waals surface area contributed by atoms with Crippen molar-refractivity contribution in [3.8, 4) is 5.88 Å². The van der Waals surface area contributed by atoms with E-state index in [4.69, 9.17) is 0 Å². The highest BCUT2D eigenvalue weighted by Crippen LogP contribution is 2.24. The molecule has 0 bridgehead atoms. The molecule has 2 N–H and O–H groups in total. The average Bonchev–Trinajstić information content (AvgIpc) is 2.77. The van der Waals surface area contributed by atoms with E-state index in [0.29, 0.717) is 11.4 Å². The third-order valence-electron chi connectivity index (χ3n) is 4.87. The van der Waals surface area contributed by atoms with Gasteiger partial charge in [-0.1, -0.05) is 47.7 Å². The fourth-order valence-corrected chi connectivity index (χ4v) is 3.78. The molecule has 0 saturated carbocycles. The first-order valence-corrected chi connectivity index (χ1v) is 10.8. The maximum atomic E-state index is 12.8. The largest absolute Gasteiger partial charge is 0.494 e. The van der Waals surface area contributed by atoms with E-state index >= 15 is 0 Å². The smallest absolute Gasteiger partial charge is 0.333 e. The van der Waals surface area contributed by atoms with Crippen LogP contribution >= 0.6 is 11.8 Å². The van der Waals surface area contributed by atoms with Crippen molar-refractivity contribution in [3.63, 3.8) is 0 Å². The zero-order valence-corrected chi connectivity index (χ0v) is 19.1. The first kappa shape index (κ1) is 23.1. The van der Waals surface area contributed by atoms with Gasteiger partial charge in [0, 0.05) is 19.8 Å². The van der Waals surface area contributed by atoms with Gasteiger partial charge >= 0.3 is 5.69 Å². The quantitative estimate of drug-likeness (QED) is 0.457. The van der Waals surface area contributed by atoms with Crippen molar-refractivity contribution in [2.45, 2.75) is 13.8 Å². The molecular weight excluding hydrogens is 428 g/mol. The predicted octanol–water partition coefficient (Wildman–Crippen LogP) is 2.86. The lowest BCUT2D eigenvalue weighted by Crippen LogP contribution is -2.39. The van der Waals surface area contributed by atoms with Crippen molar-refractivity contribution in [1.82, 2.24) is 9.13 Å². The normalized spacial score (nSPS) is 11.4. The summed E-state index contributed by atoms with van der Waals surface area (Å²) in [5, 5.41) is 13.5. The minimum atomic E-state index is -0.691. The monoisotopic (exact) mass is 452 g/mol. The van der Waals surface area contributed by atoms with Crippen LogP contribution in [0, 0.1) is 13.8 Å². The molecule has 32 heavy (non-hydrogen) atoms. The number of aromatic hydroxyl groups is 1. The molecule has 0 radical (unpaired) electrons. The van der Waals surface area contributed by atoms with Gasteiger partial charge in [-0.05, 0) is 37.6 Å². The summed E-state index contributed by atoms with van der Waals surface area (Å²) in [5.74, 6) is -0.845. The van der Waals surface area contributed by atoms with Gasteiger partial charge in [-0.25, -0.2) is 9.79 Å². The van der Waals surface area contributed by atoms with E-state index in [1.54, 1.807) is 18.2 Å². The van der Waals surface area contributed by atoms with Crippen LogP contribution in [0.25, 0.3) is 0 Å². The molecule has 3 aromatic rings. The van der Waals surface area contributed by atoms with E-state index < -0.39 is 17.1 Å². The minimum Gasteiger partial charge on any atom is -0.494 e. The van der Waals surface area contributed by atoms with Crippen LogP contribution in [0.2, 0.25) is 0 Å². The van der Waals surface area contributed by atoms with Gasteiger partial charge in [0.05, 0.1) is 11.4 Å². The third kappa shape index (κ3) is 5.00. The summed E-state index contributed by atoms with van der Waals surface area (Å²) in [4.78, 5) is 42.0. The fraction of sp³-hybridized carbons (Fsp3) is 0.217. The van der Waals surface area contributed by atoms with Crippen molar-refractivity contribution in [1.29, 1.82) is 0 Å². The molecule has 3 rings (SSSR count). The van der Waals surface area contributed by atoms with Crippen molar-refractivity contribution in [3.05, 3.63) is 86.1 Å². The second kappa shape index (κ2) is 9.69. The number of rotatable bonds is 5. The standard InChI is InChI=1S/C23H24N4O4S/c1-14-9-11-16(12-10-14)24-20(19-21(29)26(3)23(31)27(4)22(19)30)32-13-18(28)25-17-8-6-5-7-15(17)2/h5-12,29H,13H2,1-4H3,(H,25,28). The summed E-state index contributed by atoms with van der Waals surface area (Å²) >= 11 is 1.01. The lowest BCUT2D eigenvalue weighted by atomic mass is 10.2. The molecule has 9 heteroatoms. The van der Waals surface area contributed by atoms with Crippen LogP contribution in [0.4, 0.5) is 11.4 Å². The van der Waals surface area contributed by atoms with Crippen LogP contribution in [-0.2, 0) is 18.9 Å². The maximum absolute atomic E-state index is 12.8. The Balaban J connectivity index is 1.99. The molecule has 1 aromatic heterocycles. The van der Waals surface area contributed by atoms with Crippen molar-refractivity contribution in [2.75, 3.05) is 11.1 Å². The van der Waals surface area contributed by atoms with Gasteiger partial charge in [0.1, 0.15) is 10.6 Å². The van der Waals surface area contributed by atoms with Gasteiger partial charge in [0.2, 0.25) is 11.8 Å². The summed E-state index contributed by atoms with van der Waals surface area (Å²) in [6.45, 7) is 3.83. The number of hydrogen-bond donors (Lipinski definition) is 2. The Morgan fingerprint density at radius 2 is 1.69 bits per heavy atom. The van der Waals surface area contributed by atoms with Gasteiger partial charge in [0.25, 0.3) is 5.56 Å². The van der Waals surface area contributed by atoms with E-state index in [-0.39, 0.29) is 22.3 Å². The summed E-state index contributed by atoms with van der Waals surface area (Å²) in [6.07, 6.45) is 0. The summed E-state index contributed by atoms with van der Waals surface area (Å²) in [6, 6.07) is 14.7. The number of carbonyl (C=O) groups is 1. The predicted molar refractivity (Wildman–Crippen MR) is 128 cm³/mol. The molecule has 0 aliphatic rings. The average molecular weight is 453 g/mol. The second-order valence-electron chi connectivity index (χ2n) is 7.31. The van der Waals surface area contributed by atoms with Crippen molar-refractivity contribution < 1.29 is 9.90 Å². The van der Waals surface area contributed by atoms with Crippen molar-refractivity contribution >= 4 is 34.1 Å². The molecule has 0 aliphatic carbocycles. The summed E-state index contributed by atoms with van der Waals surface area (Å²) < 4.78 is 1.86. The summed E-state index contributed by atoms with van der Waals surface area (Å²) in [7, 11) is 2.69. The molecule has 166 valence electrons. The molecule has 0 spiro atoms. The molecule has 1 heterocycles. The van der Waals surface area contributed by atoms with Gasteiger partial charge in [-0.2, -0.15) is 0 Å². The molecule has 0 aliphatic heterocycles. The lowest BCUT2D eigenvalue weighted by Gasteiger charge is -2.13. The van der Waals surface area contributed by atoms with E-state index in [1.807, 2.05) is 44.2 Å². The molecule has 0 saturated heterocycles. The first-order valence-electron chi connectivity index (χ1n) is 9.82. The third-order valence-corrected chi connectivity index (χ3v) is 5.85. The van der Waals surface area contributed by atoms with Crippen LogP contribution in [0.5, 0.6) is 5.88 Å². The molecule has 2 aromatic carbocycles. The number of anilines is 1. The van der Waals surface area contributed by atoms with Gasteiger partial charge < -0.3 is 10.4 Å². The number of thioether (sulfide) groups is 1. The number of hydrogen-bond acceptors (Lipinski definition) is 6. The van der Waals surface area contributed by atoms with Crippen LogP contribution in [-0.4, -0.2) is 30.9 Å².